The molecule has 2 fully saturated rings. The Labute approximate surface area is 92.3 Å². The van der Waals surface area contributed by atoms with Crippen LogP contribution in [0.2, 0.25) is 0 Å². The summed E-state index contributed by atoms with van der Waals surface area (Å²) in [6.07, 6.45) is 7.55. The molecule has 88 valence electrons. The van der Waals surface area contributed by atoms with Crippen LogP contribution < -0.4 is 5.73 Å². The van der Waals surface area contributed by atoms with Gasteiger partial charge in [-0.2, -0.15) is 0 Å². The summed E-state index contributed by atoms with van der Waals surface area (Å²) < 4.78 is 11.2. The maximum atomic E-state index is 6.02. The number of hydrogen-bond acceptors (Lipinski definition) is 3. The fraction of sp³-hybridized carbons (Fsp3) is 1.00. The molecule has 2 unspecified atom stereocenters. The predicted octanol–water partition coefficient (Wildman–Crippen LogP) is 1.70. The van der Waals surface area contributed by atoms with Crippen LogP contribution in [0, 0.1) is 5.92 Å². The Morgan fingerprint density at radius 2 is 1.93 bits per heavy atom. The summed E-state index contributed by atoms with van der Waals surface area (Å²) in [5, 5.41) is 0. The molecule has 2 aliphatic rings. The van der Waals surface area contributed by atoms with Crippen LogP contribution in [0.15, 0.2) is 0 Å². The standard InChI is InChI=1S/C12H23NO2/c13-12-3-1-2-10(12)4-9-15-11-5-7-14-8-6-11/h10-12H,1-9,13H2. The van der Waals surface area contributed by atoms with E-state index >= 15 is 0 Å². The van der Waals surface area contributed by atoms with E-state index in [2.05, 4.69) is 0 Å². The van der Waals surface area contributed by atoms with Gasteiger partial charge in [0.25, 0.3) is 0 Å². The molecule has 15 heavy (non-hydrogen) atoms. The normalized spacial score (nSPS) is 33.4. The van der Waals surface area contributed by atoms with Crippen molar-refractivity contribution in [2.45, 2.75) is 50.7 Å². The van der Waals surface area contributed by atoms with Crippen molar-refractivity contribution in [3.8, 4) is 0 Å². The topological polar surface area (TPSA) is 44.5 Å². The first kappa shape index (κ1) is 11.4. The van der Waals surface area contributed by atoms with E-state index in [4.69, 9.17) is 15.2 Å². The maximum Gasteiger partial charge on any atom is 0.0619 e. The Hall–Kier alpha value is -0.120. The van der Waals surface area contributed by atoms with Gasteiger partial charge in [-0.05, 0) is 38.0 Å². The van der Waals surface area contributed by atoms with Gasteiger partial charge in [0.05, 0.1) is 6.10 Å². The van der Waals surface area contributed by atoms with Crippen LogP contribution in [-0.4, -0.2) is 32.0 Å². The van der Waals surface area contributed by atoms with Crippen molar-refractivity contribution in [3.05, 3.63) is 0 Å². The van der Waals surface area contributed by atoms with Gasteiger partial charge in [0.1, 0.15) is 0 Å². The highest BCUT2D eigenvalue weighted by Gasteiger charge is 2.24. The molecule has 1 heterocycles. The molecule has 0 radical (unpaired) electrons. The average Bonchev–Trinajstić information content (AvgIpc) is 2.66. The SMILES string of the molecule is NC1CCCC1CCOC1CCOCC1. The summed E-state index contributed by atoms with van der Waals surface area (Å²) in [4.78, 5) is 0. The third kappa shape index (κ3) is 3.44. The second-order valence-corrected chi connectivity index (χ2v) is 4.83. The summed E-state index contributed by atoms with van der Waals surface area (Å²) in [7, 11) is 0. The van der Waals surface area contributed by atoms with Crippen molar-refractivity contribution in [1.82, 2.24) is 0 Å². The van der Waals surface area contributed by atoms with Gasteiger partial charge in [0, 0.05) is 25.9 Å². The molecule has 2 atom stereocenters. The number of hydrogen-bond donors (Lipinski definition) is 1. The van der Waals surface area contributed by atoms with Crippen molar-refractivity contribution in [3.63, 3.8) is 0 Å². The smallest absolute Gasteiger partial charge is 0.0619 e. The molecule has 0 aromatic heterocycles. The molecule has 1 aliphatic carbocycles. The fourth-order valence-corrected chi connectivity index (χ4v) is 2.65. The van der Waals surface area contributed by atoms with E-state index in [1.165, 1.54) is 19.3 Å². The zero-order valence-electron chi connectivity index (χ0n) is 9.49. The highest BCUT2D eigenvalue weighted by atomic mass is 16.5. The predicted molar refractivity (Wildman–Crippen MR) is 59.7 cm³/mol. The lowest BCUT2D eigenvalue weighted by Crippen LogP contribution is -2.27. The Morgan fingerprint density at radius 3 is 2.60 bits per heavy atom. The van der Waals surface area contributed by atoms with Crippen LogP contribution in [0.25, 0.3) is 0 Å². The van der Waals surface area contributed by atoms with Crippen LogP contribution in [0.4, 0.5) is 0 Å². The average molecular weight is 213 g/mol. The van der Waals surface area contributed by atoms with Gasteiger partial charge in [-0.25, -0.2) is 0 Å². The monoisotopic (exact) mass is 213 g/mol. The Balaban J connectivity index is 1.57. The molecule has 2 rings (SSSR count). The summed E-state index contributed by atoms with van der Waals surface area (Å²) in [5.74, 6) is 0.713. The summed E-state index contributed by atoms with van der Waals surface area (Å²) in [5.41, 5.74) is 6.02. The molecule has 0 aromatic rings. The third-order valence-electron chi connectivity index (χ3n) is 3.73. The Morgan fingerprint density at radius 1 is 1.13 bits per heavy atom. The first-order valence-electron chi connectivity index (χ1n) is 6.31. The maximum absolute atomic E-state index is 6.02. The van der Waals surface area contributed by atoms with Gasteiger partial charge in [0.2, 0.25) is 0 Å². The largest absolute Gasteiger partial charge is 0.381 e. The van der Waals surface area contributed by atoms with Crippen LogP contribution in [0.3, 0.4) is 0 Å². The number of rotatable bonds is 4. The highest BCUT2D eigenvalue weighted by molar-refractivity contribution is 4.79. The van der Waals surface area contributed by atoms with Gasteiger partial charge in [-0.15, -0.1) is 0 Å². The second kappa shape index (κ2) is 5.83. The van der Waals surface area contributed by atoms with Gasteiger partial charge < -0.3 is 15.2 Å². The lowest BCUT2D eigenvalue weighted by molar-refractivity contribution is -0.0353. The van der Waals surface area contributed by atoms with Crippen molar-refractivity contribution in [2.24, 2.45) is 11.7 Å². The molecule has 1 saturated heterocycles. The van der Waals surface area contributed by atoms with E-state index in [0.29, 0.717) is 18.1 Å². The molecule has 0 aromatic carbocycles. The molecule has 0 amide bonds. The van der Waals surface area contributed by atoms with E-state index in [-0.39, 0.29) is 0 Å². The number of ether oxygens (including phenoxy) is 2. The molecule has 2 N–H and O–H groups in total. The fourth-order valence-electron chi connectivity index (χ4n) is 2.65. The summed E-state index contributed by atoms with van der Waals surface area (Å²) in [6.45, 7) is 2.63. The van der Waals surface area contributed by atoms with Crippen LogP contribution in [0.1, 0.15) is 38.5 Å². The zero-order chi connectivity index (χ0) is 10.5. The van der Waals surface area contributed by atoms with Gasteiger partial charge in [-0.3, -0.25) is 0 Å². The molecule has 3 nitrogen and oxygen atoms in total. The first-order valence-corrected chi connectivity index (χ1v) is 6.31. The highest BCUT2D eigenvalue weighted by Crippen LogP contribution is 2.27. The molecule has 1 aliphatic heterocycles. The lowest BCUT2D eigenvalue weighted by Gasteiger charge is -2.23. The minimum atomic E-state index is 0.434. The lowest BCUT2D eigenvalue weighted by atomic mass is 10.0. The summed E-state index contributed by atoms with van der Waals surface area (Å²) in [6, 6.07) is 0.434. The molecule has 0 spiro atoms. The van der Waals surface area contributed by atoms with Crippen LogP contribution >= 0.6 is 0 Å². The molecule has 3 heteroatoms. The quantitative estimate of drug-likeness (QED) is 0.773. The van der Waals surface area contributed by atoms with E-state index in [9.17, 15) is 0 Å². The first-order chi connectivity index (χ1) is 7.36. The Kier molecular flexibility index (Phi) is 4.42. The van der Waals surface area contributed by atoms with Crippen LogP contribution in [-0.2, 0) is 9.47 Å². The van der Waals surface area contributed by atoms with Crippen LogP contribution in [0.5, 0.6) is 0 Å². The van der Waals surface area contributed by atoms with Gasteiger partial charge in [-0.1, -0.05) is 6.42 Å². The second-order valence-electron chi connectivity index (χ2n) is 4.83. The van der Waals surface area contributed by atoms with Crippen molar-refractivity contribution >= 4 is 0 Å². The van der Waals surface area contributed by atoms with Crippen molar-refractivity contribution in [1.29, 1.82) is 0 Å². The van der Waals surface area contributed by atoms with E-state index in [1.807, 2.05) is 0 Å². The third-order valence-corrected chi connectivity index (χ3v) is 3.73. The number of nitrogens with two attached hydrogens (primary N) is 1. The van der Waals surface area contributed by atoms with Crippen molar-refractivity contribution in [2.75, 3.05) is 19.8 Å². The van der Waals surface area contributed by atoms with Gasteiger partial charge in [0.15, 0.2) is 0 Å². The molecule has 1 saturated carbocycles. The Bertz CT molecular complexity index is 180. The molecule has 0 bridgehead atoms. The zero-order valence-corrected chi connectivity index (χ0v) is 9.49. The van der Waals surface area contributed by atoms with E-state index < -0.39 is 0 Å². The molecular weight excluding hydrogens is 190 g/mol. The molecular formula is C12H23NO2. The van der Waals surface area contributed by atoms with Crippen molar-refractivity contribution < 1.29 is 9.47 Å². The van der Waals surface area contributed by atoms with E-state index in [0.717, 1.165) is 39.1 Å². The van der Waals surface area contributed by atoms with Gasteiger partial charge >= 0.3 is 0 Å². The minimum Gasteiger partial charge on any atom is -0.381 e. The minimum absolute atomic E-state index is 0.434. The van der Waals surface area contributed by atoms with E-state index in [1.54, 1.807) is 0 Å². The summed E-state index contributed by atoms with van der Waals surface area (Å²) >= 11 is 0.